The predicted molar refractivity (Wildman–Crippen MR) is 121 cm³/mol. The Kier molecular flexibility index (Phi) is 5.31. The van der Waals surface area contributed by atoms with Crippen LogP contribution in [-0.2, 0) is 12.2 Å². The molecule has 0 aliphatic carbocycles. The standard InChI is InChI=1S/C22H17ClN6OS/c23-17-10-8-15(9-11-17)21-27-26-20(30-21)13-31-22-28-25-19(29(22)24)12-16-6-3-5-14-4-1-2-7-18(14)16/h1-11H,12-13,24H2. The summed E-state index contributed by atoms with van der Waals surface area (Å²) in [5.74, 6) is 8.31. The van der Waals surface area contributed by atoms with Crippen molar-refractivity contribution in [3.8, 4) is 11.5 Å². The number of aromatic nitrogens is 5. The van der Waals surface area contributed by atoms with Crippen LogP contribution in [-0.4, -0.2) is 25.1 Å². The monoisotopic (exact) mass is 448 g/mol. The molecule has 154 valence electrons. The second kappa shape index (κ2) is 8.41. The Balaban J connectivity index is 1.29. The lowest BCUT2D eigenvalue weighted by Gasteiger charge is -2.06. The minimum atomic E-state index is 0.435. The fraction of sp³-hybridized carbons (Fsp3) is 0.0909. The Morgan fingerprint density at radius 1 is 0.903 bits per heavy atom. The molecular formula is C22H17ClN6OS. The average Bonchev–Trinajstić information content (AvgIpc) is 3.40. The molecule has 0 aliphatic heterocycles. The Morgan fingerprint density at radius 3 is 2.58 bits per heavy atom. The van der Waals surface area contributed by atoms with Gasteiger partial charge in [0.1, 0.15) is 0 Å². The van der Waals surface area contributed by atoms with Crippen LogP contribution in [0.3, 0.4) is 0 Å². The summed E-state index contributed by atoms with van der Waals surface area (Å²) in [6.45, 7) is 0. The van der Waals surface area contributed by atoms with Crippen molar-refractivity contribution >= 4 is 34.1 Å². The maximum Gasteiger partial charge on any atom is 0.247 e. The Labute approximate surface area is 187 Å². The third-order valence-corrected chi connectivity index (χ3v) is 6.03. The van der Waals surface area contributed by atoms with Crippen molar-refractivity contribution in [2.24, 2.45) is 0 Å². The molecule has 7 nitrogen and oxygen atoms in total. The third kappa shape index (κ3) is 4.12. The first kappa shape index (κ1) is 19.6. The van der Waals surface area contributed by atoms with Crippen molar-refractivity contribution in [1.29, 1.82) is 0 Å². The highest BCUT2D eigenvalue weighted by Crippen LogP contribution is 2.25. The molecule has 2 aromatic heterocycles. The summed E-state index contributed by atoms with van der Waals surface area (Å²) in [4.78, 5) is 0. The summed E-state index contributed by atoms with van der Waals surface area (Å²) >= 11 is 7.31. The van der Waals surface area contributed by atoms with Gasteiger partial charge in [-0.3, -0.25) is 0 Å². The quantitative estimate of drug-likeness (QED) is 0.296. The van der Waals surface area contributed by atoms with Crippen molar-refractivity contribution < 1.29 is 4.42 Å². The van der Waals surface area contributed by atoms with E-state index in [0.717, 1.165) is 11.1 Å². The number of rotatable bonds is 6. The number of fused-ring (bicyclic) bond motifs is 1. The first-order valence-electron chi connectivity index (χ1n) is 9.54. The number of hydrogen-bond donors (Lipinski definition) is 1. The number of nitrogens with zero attached hydrogens (tertiary/aromatic N) is 5. The molecule has 0 atom stereocenters. The van der Waals surface area contributed by atoms with E-state index < -0.39 is 0 Å². The molecule has 5 rings (SSSR count). The van der Waals surface area contributed by atoms with E-state index >= 15 is 0 Å². The molecule has 0 fully saturated rings. The molecule has 0 spiro atoms. The largest absolute Gasteiger partial charge is 0.420 e. The minimum Gasteiger partial charge on any atom is -0.420 e. The van der Waals surface area contributed by atoms with Gasteiger partial charge in [0.25, 0.3) is 0 Å². The topological polar surface area (TPSA) is 95.7 Å². The molecule has 0 aliphatic rings. The molecule has 0 amide bonds. The van der Waals surface area contributed by atoms with Gasteiger partial charge in [-0.1, -0.05) is 65.8 Å². The molecule has 0 saturated carbocycles. The molecule has 2 heterocycles. The minimum absolute atomic E-state index is 0.435. The number of thioether (sulfide) groups is 1. The Morgan fingerprint density at radius 2 is 1.71 bits per heavy atom. The van der Waals surface area contributed by atoms with Crippen molar-refractivity contribution in [3.63, 3.8) is 0 Å². The first-order chi connectivity index (χ1) is 15.2. The maximum atomic E-state index is 6.26. The molecule has 0 unspecified atom stereocenters. The van der Waals surface area contributed by atoms with Crippen LogP contribution in [0, 0.1) is 0 Å². The van der Waals surface area contributed by atoms with Crippen LogP contribution >= 0.6 is 23.4 Å². The Hall–Kier alpha value is -3.36. The van der Waals surface area contributed by atoms with Gasteiger partial charge in [-0.15, -0.1) is 20.4 Å². The van der Waals surface area contributed by atoms with Crippen LogP contribution in [0.15, 0.2) is 76.3 Å². The van der Waals surface area contributed by atoms with Gasteiger partial charge in [0.2, 0.25) is 16.9 Å². The van der Waals surface area contributed by atoms with Gasteiger partial charge in [-0.05, 0) is 40.6 Å². The van der Waals surface area contributed by atoms with Crippen molar-refractivity contribution in [1.82, 2.24) is 25.1 Å². The summed E-state index contributed by atoms with van der Waals surface area (Å²) < 4.78 is 7.25. The number of hydrogen-bond acceptors (Lipinski definition) is 7. The molecule has 2 N–H and O–H groups in total. The van der Waals surface area contributed by atoms with Crippen LogP contribution in [0.5, 0.6) is 0 Å². The predicted octanol–water partition coefficient (Wildman–Crippen LogP) is 4.73. The van der Waals surface area contributed by atoms with E-state index in [-0.39, 0.29) is 0 Å². The summed E-state index contributed by atoms with van der Waals surface area (Å²) in [5.41, 5.74) is 1.96. The van der Waals surface area contributed by atoms with Crippen LogP contribution in [0.4, 0.5) is 0 Å². The fourth-order valence-corrected chi connectivity index (χ4v) is 4.13. The van der Waals surface area contributed by atoms with E-state index in [4.69, 9.17) is 21.9 Å². The van der Waals surface area contributed by atoms with Gasteiger partial charge < -0.3 is 10.3 Å². The third-order valence-electron chi connectivity index (χ3n) is 4.85. The number of nitrogen functional groups attached to an aromatic ring is 1. The van der Waals surface area contributed by atoms with Gasteiger partial charge in [0, 0.05) is 17.0 Å². The normalized spacial score (nSPS) is 11.3. The first-order valence-corrected chi connectivity index (χ1v) is 10.9. The lowest BCUT2D eigenvalue weighted by atomic mass is 10.0. The number of nitrogens with two attached hydrogens (primary N) is 1. The zero-order valence-electron chi connectivity index (χ0n) is 16.3. The molecule has 0 bridgehead atoms. The van der Waals surface area contributed by atoms with E-state index in [1.54, 1.807) is 12.1 Å². The van der Waals surface area contributed by atoms with Crippen LogP contribution in [0.1, 0.15) is 17.3 Å². The number of halogens is 1. The molecule has 3 aromatic carbocycles. The van der Waals surface area contributed by atoms with Crippen LogP contribution in [0.25, 0.3) is 22.2 Å². The highest BCUT2D eigenvalue weighted by atomic mass is 35.5. The summed E-state index contributed by atoms with van der Waals surface area (Å²) in [7, 11) is 0. The lowest BCUT2D eigenvalue weighted by molar-refractivity contribution is 0.528. The zero-order chi connectivity index (χ0) is 21.2. The van der Waals surface area contributed by atoms with Gasteiger partial charge in [-0.2, -0.15) is 0 Å². The SMILES string of the molecule is Nn1c(Cc2cccc3ccccc23)nnc1SCc1nnc(-c2ccc(Cl)cc2)o1. The second-order valence-corrected chi connectivity index (χ2v) is 8.26. The van der Waals surface area contributed by atoms with Crippen molar-refractivity contribution in [2.75, 3.05) is 5.84 Å². The maximum absolute atomic E-state index is 6.26. The van der Waals surface area contributed by atoms with Crippen LogP contribution in [0.2, 0.25) is 5.02 Å². The van der Waals surface area contributed by atoms with E-state index in [0.29, 0.717) is 40.0 Å². The Bertz CT molecular complexity index is 1340. The zero-order valence-corrected chi connectivity index (χ0v) is 17.8. The van der Waals surface area contributed by atoms with Gasteiger partial charge in [0.15, 0.2) is 5.82 Å². The van der Waals surface area contributed by atoms with Gasteiger partial charge in [0.05, 0.1) is 5.75 Å². The molecule has 31 heavy (non-hydrogen) atoms. The summed E-state index contributed by atoms with van der Waals surface area (Å²) in [6.07, 6.45) is 0.590. The molecule has 9 heteroatoms. The van der Waals surface area contributed by atoms with Gasteiger partial charge >= 0.3 is 0 Å². The summed E-state index contributed by atoms with van der Waals surface area (Å²) in [6, 6.07) is 21.7. The smallest absolute Gasteiger partial charge is 0.247 e. The van der Waals surface area contributed by atoms with E-state index in [2.05, 4.69) is 44.7 Å². The van der Waals surface area contributed by atoms with E-state index in [1.165, 1.54) is 27.2 Å². The fourth-order valence-electron chi connectivity index (χ4n) is 3.29. The van der Waals surface area contributed by atoms with Gasteiger partial charge in [-0.25, -0.2) is 4.68 Å². The second-order valence-electron chi connectivity index (χ2n) is 6.88. The highest BCUT2D eigenvalue weighted by molar-refractivity contribution is 7.98. The van der Waals surface area contributed by atoms with E-state index in [1.807, 2.05) is 30.3 Å². The highest BCUT2D eigenvalue weighted by Gasteiger charge is 2.15. The molecular weight excluding hydrogens is 432 g/mol. The molecule has 0 radical (unpaired) electrons. The lowest BCUT2D eigenvalue weighted by Crippen LogP contribution is -2.14. The van der Waals surface area contributed by atoms with Crippen molar-refractivity contribution in [3.05, 3.63) is 89.0 Å². The molecule has 0 saturated heterocycles. The van der Waals surface area contributed by atoms with Crippen LogP contribution < -0.4 is 5.84 Å². The van der Waals surface area contributed by atoms with Crippen molar-refractivity contribution in [2.45, 2.75) is 17.3 Å². The average molecular weight is 449 g/mol. The summed E-state index contributed by atoms with van der Waals surface area (Å²) in [5, 5.41) is 20.3. The van der Waals surface area contributed by atoms with E-state index in [9.17, 15) is 0 Å². The molecule has 5 aromatic rings. The number of benzene rings is 3.